The summed E-state index contributed by atoms with van der Waals surface area (Å²) in [5.74, 6) is 0.0690. The first-order valence-electron chi connectivity index (χ1n) is 11.0. The second-order valence-electron chi connectivity index (χ2n) is 8.03. The second-order valence-corrected chi connectivity index (χ2v) is 8.03. The standard InChI is InChI=1S/C25H35N3O/c1-4-27(5-2)20-22-9-13-23(14-10-22)25(29)26(3)19-21-11-15-24(16-12-21)28-17-7-6-8-18-28/h9-16H,4-8,17-20H2,1-3H3. The SMILES string of the molecule is CCN(CC)Cc1ccc(C(=O)N(C)Cc2ccc(N3CCCCC3)cc2)cc1. The van der Waals surface area contributed by atoms with Crippen molar-refractivity contribution in [2.75, 3.05) is 38.1 Å². The van der Waals surface area contributed by atoms with Crippen LogP contribution in [0.2, 0.25) is 0 Å². The van der Waals surface area contributed by atoms with Crippen LogP contribution in [0.1, 0.15) is 54.6 Å². The van der Waals surface area contributed by atoms with Gasteiger partial charge in [0, 0.05) is 44.5 Å². The molecule has 29 heavy (non-hydrogen) atoms. The molecule has 1 aliphatic heterocycles. The lowest BCUT2D eigenvalue weighted by Gasteiger charge is -2.29. The molecule has 2 aromatic carbocycles. The van der Waals surface area contributed by atoms with Gasteiger partial charge in [0.25, 0.3) is 5.91 Å². The summed E-state index contributed by atoms with van der Waals surface area (Å²) in [6.45, 7) is 10.3. The number of carbonyl (C=O) groups is 1. The summed E-state index contributed by atoms with van der Waals surface area (Å²) in [4.78, 5) is 19.4. The van der Waals surface area contributed by atoms with Crippen molar-refractivity contribution in [1.82, 2.24) is 9.80 Å². The largest absolute Gasteiger partial charge is 0.372 e. The Labute approximate surface area is 176 Å². The quantitative estimate of drug-likeness (QED) is 0.645. The molecule has 0 bridgehead atoms. The van der Waals surface area contributed by atoms with Gasteiger partial charge in [-0.3, -0.25) is 9.69 Å². The van der Waals surface area contributed by atoms with Crippen LogP contribution in [0.4, 0.5) is 5.69 Å². The van der Waals surface area contributed by atoms with E-state index in [1.165, 1.54) is 36.1 Å². The zero-order valence-corrected chi connectivity index (χ0v) is 18.2. The number of amides is 1. The first-order valence-corrected chi connectivity index (χ1v) is 11.0. The van der Waals surface area contributed by atoms with Crippen LogP contribution in [0.15, 0.2) is 48.5 Å². The molecule has 0 unspecified atom stereocenters. The second kappa shape index (κ2) is 10.4. The molecule has 0 N–H and O–H groups in total. The zero-order valence-electron chi connectivity index (χ0n) is 18.2. The van der Waals surface area contributed by atoms with Crippen LogP contribution in [-0.2, 0) is 13.1 Å². The van der Waals surface area contributed by atoms with Crippen LogP contribution in [0.25, 0.3) is 0 Å². The van der Waals surface area contributed by atoms with E-state index in [1.807, 2.05) is 19.2 Å². The van der Waals surface area contributed by atoms with Gasteiger partial charge in [-0.25, -0.2) is 0 Å². The lowest BCUT2D eigenvalue weighted by Crippen LogP contribution is -2.29. The van der Waals surface area contributed by atoms with E-state index in [9.17, 15) is 4.79 Å². The molecule has 1 heterocycles. The number of piperidine rings is 1. The highest BCUT2D eigenvalue weighted by atomic mass is 16.2. The molecule has 0 saturated carbocycles. The molecule has 4 heteroatoms. The Kier molecular flexibility index (Phi) is 7.70. The third-order valence-electron chi connectivity index (χ3n) is 5.93. The van der Waals surface area contributed by atoms with E-state index < -0.39 is 0 Å². The highest BCUT2D eigenvalue weighted by molar-refractivity contribution is 5.94. The van der Waals surface area contributed by atoms with E-state index in [1.54, 1.807) is 4.90 Å². The highest BCUT2D eigenvalue weighted by Crippen LogP contribution is 2.21. The summed E-state index contributed by atoms with van der Waals surface area (Å²) in [6.07, 6.45) is 3.91. The first kappa shape index (κ1) is 21.4. The van der Waals surface area contributed by atoms with Gasteiger partial charge in [-0.1, -0.05) is 38.1 Å². The molecule has 0 aliphatic carbocycles. The van der Waals surface area contributed by atoms with E-state index in [4.69, 9.17) is 0 Å². The first-order chi connectivity index (χ1) is 14.1. The number of hydrogen-bond donors (Lipinski definition) is 0. The molecule has 0 radical (unpaired) electrons. The monoisotopic (exact) mass is 393 g/mol. The van der Waals surface area contributed by atoms with Crippen molar-refractivity contribution in [2.24, 2.45) is 0 Å². The average Bonchev–Trinajstić information content (AvgIpc) is 2.78. The summed E-state index contributed by atoms with van der Waals surface area (Å²) < 4.78 is 0. The summed E-state index contributed by atoms with van der Waals surface area (Å²) in [6, 6.07) is 16.8. The smallest absolute Gasteiger partial charge is 0.253 e. The minimum absolute atomic E-state index is 0.0690. The topological polar surface area (TPSA) is 26.8 Å². The number of hydrogen-bond acceptors (Lipinski definition) is 3. The van der Waals surface area contributed by atoms with E-state index in [-0.39, 0.29) is 5.91 Å². The molecule has 3 rings (SSSR count). The van der Waals surface area contributed by atoms with Gasteiger partial charge < -0.3 is 9.80 Å². The Morgan fingerprint density at radius 3 is 1.97 bits per heavy atom. The number of carbonyl (C=O) groups excluding carboxylic acids is 1. The predicted octanol–water partition coefficient (Wildman–Crippen LogP) is 4.79. The molecule has 2 aromatic rings. The van der Waals surface area contributed by atoms with Crippen molar-refractivity contribution >= 4 is 11.6 Å². The van der Waals surface area contributed by atoms with Crippen molar-refractivity contribution < 1.29 is 4.79 Å². The third kappa shape index (κ3) is 5.83. The number of rotatable bonds is 8. The van der Waals surface area contributed by atoms with Gasteiger partial charge in [-0.15, -0.1) is 0 Å². The predicted molar refractivity (Wildman–Crippen MR) is 121 cm³/mol. The molecule has 1 amide bonds. The molecular formula is C25H35N3O. The molecule has 4 nitrogen and oxygen atoms in total. The zero-order chi connectivity index (χ0) is 20.6. The van der Waals surface area contributed by atoms with Gasteiger partial charge in [-0.05, 0) is 67.7 Å². The van der Waals surface area contributed by atoms with Gasteiger partial charge >= 0.3 is 0 Å². The van der Waals surface area contributed by atoms with Crippen molar-refractivity contribution in [3.05, 3.63) is 65.2 Å². The number of nitrogens with zero attached hydrogens (tertiary/aromatic N) is 3. The van der Waals surface area contributed by atoms with E-state index in [0.717, 1.165) is 38.3 Å². The molecule has 1 aliphatic rings. The minimum atomic E-state index is 0.0690. The van der Waals surface area contributed by atoms with Crippen molar-refractivity contribution in [3.63, 3.8) is 0 Å². The number of benzene rings is 2. The van der Waals surface area contributed by atoms with Gasteiger partial charge in [0.1, 0.15) is 0 Å². The number of anilines is 1. The molecule has 0 aromatic heterocycles. The van der Waals surface area contributed by atoms with Crippen LogP contribution in [-0.4, -0.2) is 48.9 Å². The highest BCUT2D eigenvalue weighted by Gasteiger charge is 2.14. The summed E-state index contributed by atoms with van der Waals surface area (Å²) in [5.41, 5.74) is 4.47. The van der Waals surface area contributed by atoms with Gasteiger partial charge in [0.2, 0.25) is 0 Å². The van der Waals surface area contributed by atoms with Gasteiger partial charge in [0.15, 0.2) is 0 Å². The van der Waals surface area contributed by atoms with Crippen LogP contribution >= 0.6 is 0 Å². The minimum Gasteiger partial charge on any atom is -0.372 e. The lowest BCUT2D eigenvalue weighted by atomic mass is 10.1. The molecule has 156 valence electrons. The Morgan fingerprint density at radius 1 is 0.828 bits per heavy atom. The Hall–Kier alpha value is -2.33. The third-order valence-corrected chi connectivity index (χ3v) is 5.93. The van der Waals surface area contributed by atoms with Crippen LogP contribution in [0, 0.1) is 0 Å². The van der Waals surface area contributed by atoms with E-state index in [0.29, 0.717) is 6.54 Å². The maximum Gasteiger partial charge on any atom is 0.253 e. The fraction of sp³-hybridized carbons (Fsp3) is 0.480. The molecule has 0 atom stereocenters. The molecule has 1 saturated heterocycles. The molecule has 1 fully saturated rings. The fourth-order valence-electron chi connectivity index (χ4n) is 3.99. The summed E-state index contributed by atoms with van der Waals surface area (Å²) in [7, 11) is 1.88. The van der Waals surface area contributed by atoms with E-state index >= 15 is 0 Å². The maximum absolute atomic E-state index is 12.8. The normalized spacial score (nSPS) is 14.3. The summed E-state index contributed by atoms with van der Waals surface area (Å²) in [5, 5.41) is 0. The van der Waals surface area contributed by atoms with Crippen LogP contribution in [0.3, 0.4) is 0 Å². The fourth-order valence-corrected chi connectivity index (χ4v) is 3.99. The molecule has 0 spiro atoms. The van der Waals surface area contributed by atoms with E-state index in [2.05, 4.69) is 60.0 Å². The maximum atomic E-state index is 12.8. The van der Waals surface area contributed by atoms with Crippen LogP contribution in [0.5, 0.6) is 0 Å². The van der Waals surface area contributed by atoms with Crippen LogP contribution < -0.4 is 4.90 Å². The lowest BCUT2D eigenvalue weighted by molar-refractivity contribution is 0.0785. The molecular weight excluding hydrogens is 358 g/mol. The Balaban J connectivity index is 1.57. The summed E-state index contributed by atoms with van der Waals surface area (Å²) >= 11 is 0. The van der Waals surface area contributed by atoms with Gasteiger partial charge in [-0.2, -0.15) is 0 Å². The Bertz CT molecular complexity index is 760. The van der Waals surface area contributed by atoms with Crippen molar-refractivity contribution in [1.29, 1.82) is 0 Å². The van der Waals surface area contributed by atoms with Gasteiger partial charge in [0.05, 0.1) is 0 Å². The average molecular weight is 394 g/mol. The Morgan fingerprint density at radius 2 is 1.38 bits per heavy atom. The van der Waals surface area contributed by atoms with Crippen molar-refractivity contribution in [3.8, 4) is 0 Å². The van der Waals surface area contributed by atoms with Crippen molar-refractivity contribution in [2.45, 2.75) is 46.2 Å².